The summed E-state index contributed by atoms with van der Waals surface area (Å²) in [6, 6.07) is 12.2. The molecule has 0 unspecified atom stereocenters. The number of benzene rings is 2. The molecule has 0 aliphatic rings. The number of thioether (sulfide) groups is 1. The minimum Gasteiger partial charge on any atom is -0.497 e. The van der Waals surface area contributed by atoms with Gasteiger partial charge in [0.1, 0.15) is 5.75 Å². The van der Waals surface area contributed by atoms with E-state index in [0.29, 0.717) is 6.42 Å². The van der Waals surface area contributed by atoms with Crippen LogP contribution in [0, 0.1) is 13.8 Å². The normalized spacial score (nSPS) is 11.9. The van der Waals surface area contributed by atoms with Crippen molar-refractivity contribution in [2.45, 2.75) is 31.6 Å². The Morgan fingerprint density at radius 3 is 2.63 bits per heavy atom. The Labute approximate surface area is 167 Å². The molecule has 0 saturated heterocycles. The lowest BCUT2D eigenvalue weighted by Crippen LogP contribution is -2.13. The van der Waals surface area contributed by atoms with Crippen LogP contribution in [-0.4, -0.2) is 23.3 Å². The summed E-state index contributed by atoms with van der Waals surface area (Å²) in [6.45, 7) is 4.22. The Morgan fingerprint density at radius 1 is 1.19 bits per heavy atom. The highest BCUT2D eigenvalue weighted by Crippen LogP contribution is 2.24. The molecule has 27 heavy (non-hydrogen) atoms. The van der Waals surface area contributed by atoms with Gasteiger partial charge in [-0.15, -0.1) is 11.8 Å². The number of rotatable bonds is 6. The van der Waals surface area contributed by atoms with Crippen LogP contribution in [0.1, 0.15) is 24.0 Å². The fourth-order valence-electron chi connectivity index (χ4n) is 2.88. The van der Waals surface area contributed by atoms with Crippen LogP contribution >= 0.6 is 23.1 Å². The number of amides is 1. The van der Waals surface area contributed by atoms with Crippen LogP contribution in [0.2, 0.25) is 0 Å². The maximum absolute atomic E-state index is 12.3. The van der Waals surface area contributed by atoms with Gasteiger partial charge in [0.2, 0.25) is 5.91 Å². The third kappa shape index (κ3) is 4.62. The number of nitrogens with zero attached hydrogens (tertiary/aromatic N) is 2. The van der Waals surface area contributed by atoms with Crippen molar-refractivity contribution in [1.82, 2.24) is 4.57 Å². The summed E-state index contributed by atoms with van der Waals surface area (Å²) < 4.78 is 8.36. The zero-order valence-corrected chi connectivity index (χ0v) is 17.7. The number of fused-ring (bicyclic) bond motifs is 1. The molecule has 1 amide bonds. The quantitative estimate of drug-likeness (QED) is 0.438. The van der Waals surface area contributed by atoms with E-state index in [9.17, 15) is 4.79 Å². The molecule has 6 heteroatoms. The fraction of sp³-hybridized carbons (Fsp3) is 0.333. The smallest absolute Gasteiger partial charge is 0.248 e. The van der Waals surface area contributed by atoms with Gasteiger partial charge in [-0.05, 0) is 67.5 Å². The summed E-state index contributed by atoms with van der Waals surface area (Å²) in [5.41, 5.74) is 3.67. The third-order valence-corrected chi connectivity index (χ3v) is 6.77. The first kappa shape index (κ1) is 19.7. The van der Waals surface area contributed by atoms with Gasteiger partial charge < -0.3 is 9.30 Å². The topological polar surface area (TPSA) is 43.6 Å². The zero-order valence-electron chi connectivity index (χ0n) is 16.1. The van der Waals surface area contributed by atoms with Crippen LogP contribution in [0.5, 0.6) is 5.75 Å². The van der Waals surface area contributed by atoms with E-state index in [-0.39, 0.29) is 5.91 Å². The molecule has 0 radical (unpaired) electrons. The van der Waals surface area contributed by atoms with Crippen LogP contribution in [-0.2, 0) is 11.8 Å². The molecule has 0 bridgehead atoms. The van der Waals surface area contributed by atoms with E-state index in [1.807, 2.05) is 35.9 Å². The lowest BCUT2D eigenvalue weighted by atomic mass is 10.1. The van der Waals surface area contributed by atoms with Gasteiger partial charge in [-0.25, -0.2) is 0 Å². The number of aromatic nitrogens is 1. The molecule has 0 N–H and O–H groups in total. The fourth-order valence-corrected chi connectivity index (χ4v) is 4.83. The minimum atomic E-state index is -0.0538. The van der Waals surface area contributed by atoms with Gasteiger partial charge in [-0.1, -0.05) is 17.4 Å². The molecule has 1 aromatic heterocycles. The molecule has 2 aromatic carbocycles. The molecule has 4 nitrogen and oxygen atoms in total. The third-order valence-electron chi connectivity index (χ3n) is 4.57. The van der Waals surface area contributed by atoms with Gasteiger partial charge in [-0.2, -0.15) is 4.99 Å². The largest absolute Gasteiger partial charge is 0.497 e. The zero-order chi connectivity index (χ0) is 19.4. The van der Waals surface area contributed by atoms with Crippen molar-refractivity contribution in [3.05, 3.63) is 52.3 Å². The van der Waals surface area contributed by atoms with Crippen molar-refractivity contribution in [3.8, 4) is 5.75 Å². The second kappa shape index (κ2) is 8.76. The number of carbonyl (C=O) groups is 1. The predicted molar refractivity (Wildman–Crippen MR) is 114 cm³/mol. The van der Waals surface area contributed by atoms with Crippen molar-refractivity contribution < 1.29 is 9.53 Å². The SMILES string of the molecule is COc1ccc(SCCCC(=O)N=c2sc3ccc(C)c(C)c3n2C)cc1. The summed E-state index contributed by atoms with van der Waals surface area (Å²) in [6.07, 6.45) is 1.28. The van der Waals surface area contributed by atoms with Gasteiger partial charge in [0.05, 0.1) is 17.3 Å². The molecular formula is C21H24N2O2S2. The summed E-state index contributed by atoms with van der Waals surface area (Å²) in [5.74, 6) is 1.70. The van der Waals surface area contributed by atoms with E-state index in [0.717, 1.165) is 22.7 Å². The van der Waals surface area contributed by atoms with E-state index >= 15 is 0 Å². The van der Waals surface area contributed by atoms with Crippen molar-refractivity contribution in [2.75, 3.05) is 12.9 Å². The molecule has 3 aromatic rings. The maximum atomic E-state index is 12.3. The first-order valence-electron chi connectivity index (χ1n) is 8.89. The predicted octanol–water partition coefficient (Wildman–Crippen LogP) is 4.87. The molecule has 0 saturated carbocycles. The minimum absolute atomic E-state index is 0.0538. The van der Waals surface area contributed by atoms with Crippen LogP contribution in [0.15, 0.2) is 46.3 Å². The summed E-state index contributed by atoms with van der Waals surface area (Å²) >= 11 is 3.32. The maximum Gasteiger partial charge on any atom is 0.248 e. The van der Waals surface area contributed by atoms with E-state index in [1.54, 1.807) is 30.2 Å². The summed E-state index contributed by atoms with van der Waals surface area (Å²) in [4.78, 5) is 18.6. The van der Waals surface area contributed by atoms with Crippen LogP contribution in [0.3, 0.4) is 0 Å². The number of aryl methyl sites for hydroxylation is 3. The molecule has 142 valence electrons. The van der Waals surface area contributed by atoms with Crippen molar-refractivity contribution in [2.24, 2.45) is 12.0 Å². The molecule has 1 heterocycles. The number of hydrogen-bond donors (Lipinski definition) is 0. The standard InChI is InChI=1S/C21H24N2O2S2/c1-14-7-12-18-20(15(14)2)23(3)21(27-18)22-19(24)6-5-13-26-17-10-8-16(25-4)9-11-17/h7-12H,5-6,13H2,1-4H3. The van der Waals surface area contributed by atoms with Gasteiger partial charge in [0, 0.05) is 18.4 Å². The van der Waals surface area contributed by atoms with Crippen molar-refractivity contribution in [3.63, 3.8) is 0 Å². The van der Waals surface area contributed by atoms with Gasteiger partial charge in [0.15, 0.2) is 4.80 Å². The summed E-state index contributed by atoms with van der Waals surface area (Å²) in [5, 5.41) is 0. The Morgan fingerprint density at radius 2 is 1.93 bits per heavy atom. The van der Waals surface area contributed by atoms with Crippen LogP contribution in [0.25, 0.3) is 10.2 Å². The highest BCUT2D eigenvalue weighted by atomic mass is 32.2. The molecule has 0 spiro atoms. The van der Waals surface area contributed by atoms with Crippen LogP contribution in [0.4, 0.5) is 0 Å². The highest BCUT2D eigenvalue weighted by Gasteiger charge is 2.09. The Balaban J connectivity index is 1.61. The molecule has 0 aliphatic carbocycles. The van der Waals surface area contributed by atoms with Gasteiger partial charge >= 0.3 is 0 Å². The molecule has 0 atom stereocenters. The first-order valence-corrected chi connectivity index (χ1v) is 10.7. The number of hydrogen-bond acceptors (Lipinski definition) is 4. The lowest BCUT2D eigenvalue weighted by molar-refractivity contribution is -0.118. The van der Waals surface area contributed by atoms with E-state index < -0.39 is 0 Å². The van der Waals surface area contributed by atoms with Crippen LogP contribution < -0.4 is 9.54 Å². The summed E-state index contributed by atoms with van der Waals surface area (Å²) in [7, 11) is 3.65. The molecule has 0 aliphatic heterocycles. The molecular weight excluding hydrogens is 376 g/mol. The van der Waals surface area contributed by atoms with Gasteiger partial charge in [0.25, 0.3) is 0 Å². The first-order chi connectivity index (χ1) is 13.0. The monoisotopic (exact) mass is 400 g/mol. The Kier molecular flexibility index (Phi) is 6.39. The van der Waals surface area contributed by atoms with E-state index in [4.69, 9.17) is 4.74 Å². The second-order valence-electron chi connectivity index (χ2n) is 6.43. The number of carbonyl (C=O) groups excluding carboxylic acids is 1. The second-order valence-corrected chi connectivity index (χ2v) is 8.61. The molecule has 0 fully saturated rings. The lowest BCUT2D eigenvalue weighted by Gasteiger charge is -2.03. The average molecular weight is 401 g/mol. The van der Waals surface area contributed by atoms with Crippen molar-refractivity contribution >= 4 is 39.2 Å². The Hall–Kier alpha value is -2.05. The number of methoxy groups -OCH3 is 1. The van der Waals surface area contributed by atoms with Crippen molar-refractivity contribution in [1.29, 1.82) is 0 Å². The Bertz CT molecular complexity index is 1020. The van der Waals surface area contributed by atoms with E-state index in [2.05, 4.69) is 31.0 Å². The van der Waals surface area contributed by atoms with Gasteiger partial charge in [-0.3, -0.25) is 4.79 Å². The molecule has 3 rings (SSSR count). The van der Waals surface area contributed by atoms with E-state index in [1.165, 1.54) is 26.2 Å². The average Bonchev–Trinajstić information content (AvgIpc) is 2.98. The highest BCUT2D eigenvalue weighted by molar-refractivity contribution is 7.99. The number of thiazole rings is 1. The number of ether oxygens (including phenoxy) is 1.